The van der Waals surface area contributed by atoms with E-state index < -0.39 is 18.5 Å². The quantitative estimate of drug-likeness (QED) is 0.726. The van der Waals surface area contributed by atoms with Gasteiger partial charge in [-0.1, -0.05) is 18.2 Å². The van der Waals surface area contributed by atoms with Crippen LogP contribution in [0.1, 0.15) is 0 Å². The number of hydrogen-bond donors (Lipinski definition) is 1. The summed E-state index contributed by atoms with van der Waals surface area (Å²) in [4.78, 5) is 23.8. The van der Waals surface area contributed by atoms with Crippen molar-refractivity contribution in [2.24, 2.45) is 0 Å². The van der Waals surface area contributed by atoms with Gasteiger partial charge in [-0.15, -0.1) is 0 Å². The molecule has 1 aliphatic rings. The second-order valence-corrected chi connectivity index (χ2v) is 5.63. The molecule has 4 rings (SSSR count). The third-order valence-corrected chi connectivity index (χ3v) is 3.85. The molecule has 3 aromatic rings. The summed E-state index contributed by atoms with van der Waals surface area (Å²) in [6, 6.07) is 13.0. The molecule has 2 aromatic carbocycles. The van der Waals surface area contributed by atoms with Crippen molar-refractivity contribution in [2.45, 2.75) is 0 Å². The number of amides is 1. The number of rotatable bonds is 4. The molecule has 2 heterocycles. The topological polar surface area (TPSA) is 87.0 Å². The number of carbonyl (C=O) groups excluding carboxylic acids is 2. The number of para-hydroxylation sites is 1. The van der Waals surface area contributed by atoms with Crippen LogP contribution >= 0.6 is 0 Å². The Morgan fingerprint density at radius 3 is 2.73 bits per heavy atom. The van der Waals surface area contributed by atoms with Gasteiger partial charge in [0.1, 0.15) is 30.6 Å². The maximum absolute atomic E-state index is 12.0. The highest BCUT2D eigenvalue weighted by Gasteiger charge is 2.18. The lowest BCUT2D eigenvalue weighted by atomic mass is 10.1. The summed E-state index contributed by atoms with van der Waals surface area (Å²) in [5.41, 5.74) is 2.10. The molecule has 0 fully saturated rings. The molecule has 26 heavy (non-hydrogen) atoms. The van der Waals surface area contributed by atoms with E-state index in [0.717, 1.165) is 21.9 Å². The van der Waals surface area contributed by atoms with Crippen LogP contribution in [0.2, 0.25) is 0 Å². The number of hydrogen-bond acceptors (Lipinski definition) is 6. The van der Waals surface area contributed by atoms with Crippen LogP contribution < -0.4 is 5.32 Å². The van der Waals surface area contributed by atoms with Crippen LogP contribution in [0.5, 0.6) is 0 Å². The molecule has 0 unspecified atom stereocenters. The molecule has 0 bridgehead atoms. The van der Waals surface area contributed by atoms with E-state index in [0.29, 0.717) is 12.3 Å². The Morgan fingerprint density at radius 1 is 1.04 bits per heavy atom. The number of carbonyl (C=O) groups is 2. The number of benzene rings is 2. The van der Waals surface area contributed by atoms with Crippen molar-refractivity contribution in [2.75, 3.05) is 25.1 Å². The summed E-state index contributed by atoms with van der Waals surface area (Å²) in [5, 5.41) is 4.56. The molecule has 0 radical (unpaired) electrons. The minimum absolute atomic E-state index is 0.0460. The lowest BCUT2D eigenvalue weighted by molar-refractivity contribution is -0.148. The van der Waals surface area contributed by atoms with E-state index in [9.17, 15) is 9.59 Å². The van der Waals surface area contributed by atoms with E-state index in [1.165, 1.54) is 6.26 Å². The second kappa shape index (κ2) is 6.79. The van der Waals surface area contributed by atoms with E-state index >= 15 is 0 Å². The van der Waals surface area contributed by atoms with E-state index in [1.807, 2.05) is 30.3 Å². The maximum atomic E-state index is 12.0. The van der Waals surface area contributed by atoms with Gasteiger partial charge in [-0.2, -0.15) is 0 Å². The third-order valence-electron chi connectivity index (χ3n) is 3.85. The van der Waals surface area contributed by atoms with Gasteiger partial charge in [0.2, 0.25) is 5.76 Å². The van der Waals surface area contributed by atoms with Crippen LogP contribution in [0.4, 0.5) is 5.69 Å². The number of furan rings is 1. The van der Waals surface area contributed by atoms with Crippen molar-refractivity contribution in [3.05, 3.63) is 54.5 Å². The predicted octanol–water partition coefficient (Wildman–Crippen LogP) is 2.96. The van der Waals surface area contributed by atoms with Crippen LogP contribution in [0.25, 0.3) is 21.9 Å². The highest BCUT2D eigenvalue weighted by atomic mass is 16.6. The number of esters is 1. The van der Waals surface area contributed by atoms with Crippen LogP contribution in [0.15, 0.2) is 58.9 Å². The Hall–Kier alpha value is -3.48. The van der Waals surface area contributed by atoms with E-state index in [4.69, 9.17) is 18.6 Å². The van der Waals surface area contributed by atoms with E-state index in [2.05, 4.69) is 5.32 Å². The first-order chi connectivity index (χ1) is 12.7. The molecule has 7 heteroatoms. The summed E-state index contributed by atoms with van der Waals surface area (Å²) >= 11 is 0. The van der Waals surface area contributed by atoms with Crippen molar-refractivity contribution >= 4 is 39.5 Å². The summed E-state index contributed by atoms with van der Waals surface area (Å²) in [7, 11) is 0. The Bertz CT molecular complexity index is 1020. The molecular formula is C19H15NO6. The molecule has 132 valence electrons. The predicted molar refractivity (Wildman–Crippen MR) is 93.3 cm³/mol. The average molecular weight is 353 g/mol. The van der Waals surface area contributed by atoms with Crippen molar-refractivity contribution in [1.82, 2.24) is 0 Å². The Labute approximate surface area is 148 Å². The van der Waals surface area contributed by atoms with Gasteiger partial charge < -0.3 is 23.9 Å². The zero-order valence-electron chi connectivity index (χ0n) is 13.7. The molecular weight excluding hydrogens is 338 g/mol. The number of fused-ring (bicyclic) bond motifs is 3. The second-order valence-electron chi connectivity index (χ2n) is 5.63. The first-order valence-corrected chi connectivity index (χ1v) is 8.03. The van der Waals surface area contributed by atoms with Gasteiger partial charge in [-0.05, 0) is 24.3 Å². The molecule has 0 atom stereocenters. The molecule has 0 spiro atoms. The lowest BCUT2D eigenvalue weighted by Gasteiger charge is -2.14. The van der Waals surface area contributed by atoms with Gasteiger partial charge in [0.25, 0.3) is 5.91 Å². The lowest BCUT2D eigenvalue weighted by Crippen LogP contribution is -2.23. The van der Waals surface area contributed by atoms with Crippen LogP contribution in [0, 0.1) is 0 Å². The molecule has 1 amide bonds. The van der Waals surface area contributed by atoms with Gasteiger partial charge >= 0.3 is 5.97 Å². The first kappa shape index (κ1) is 16.0. The smallest absolute Gasteiger partial charge is 0.377 e. The highest BCUT2D eigenvalue weighted by Crippen LogP contribution is 2.30. The number of anilines is 1. The van der Waals surface area contributed by atoms with Crippen molar-refractivity contribution in [3.8, 4) is 0 Å². The molecule has 7 nitrogen and oxygen atoms in total. The van der Waals surface area contributed by atoms with Crippen molar-refractivity contribution in [3.63, 3.8) is 0 Å². The fourth-order valence-electron chi connectivity index (χ4n) is 2.68. The van der Waals surface area contributed by atoms with Crippen molar-refractivity contribution < 1.29 is 28.2 Å². The first-order valence-electron chi connectivity index (χ1n) is 8.03. The van der Waals surface area contributed by atoms with Gasteiger partial charge in [-0.3, -0.25) is 4.79 Å². The summed E-state index contributed by atoms with van der Waals surface area (Å²) in [5.74, 6) is -1.24. The monoisotopic (exact) mass is 353 g/mol. The Morgan fingerprint density at radius 2 is 1.88 bits per heavy atom. The maximum Gasteiger partial charge on any atom is 0.377 e. The number of ether oxygens (including phenoxy) is 3. The zero-order valence-corrected chi connectivity index (χ0v) is 13.7. The van der Waals surface area contributed by atoms with Crippen LogP contribution in [-0.4, -0.2) is 31.7 Å². The summed E-state index contributed by atoms with van der Waals surface area (Å²) in [6.07, 6.45) is 1.18. The van der Waals surface area contributed by atoms with Crippen LogP contribution in [0.3, 0.4) is 0 Å². The minimum Gasteiger partial charge on any atom is -0.493 e. The molecule has 1 N–H and O–H groups in total. The molecule has 0 saturated heterocycles. The number of nitrogens with one attached hydrogen (secondary N) is 1. The summed E-state index contributed by atoms with van der Waals surface area (Å²) < 4.78 is 20.7. The zero-order chi connectivity index (χ0) is 17.9. The average Bonchev–Trinajstić information content (AvgIpc) is 3.05. The van der Waals surface area contributed by atoms with Gasteiger partial charge in [0.05, 0.1) is 0 Å². The van der Waals surface area contributed by atoms with Gasteiger partial charge in [0.15, 0.2) is 6.61 Å². The normalized spacial score (nSPS) is 13.6. The minimum atomic E-state index is -0.740. The largest absolute Gasteiger partial charge is 0.493 e. The molecule has 0 saturated carbocycles. The fourth-order valence-corrected chi connectivity index (χ4v) is 2.68. The van der Waals surface area contributed by atoms with Gasteiger partial charge in [0, 0.05) is 16.5 Å². The highest BCUT2D eigenvalue weighted by molar-refractivity contribution is 6.07. The standard InChI is InChI=1S/C19H15NO6/c21-18(11-25-19(22)17-10-23-7-8-24-17)20-12-5-6-16-14(9-12)13-3-1-2-4-15(13)26-16/h1-6,9-10H,7-8,11H2,(H,20,21). The Kier molecular flexibility index (Phi) is 4.18. The fraction of sp³-hybridized carbons (Fsp3) is 0.158. The third kappa shape index (κ3) is 3.19. The van der Waals surface area contributed by atoms with Crippen LogP contribution in [-0.2, 0) is 23.8 Å². The molecule has 0 aliphatic carbocycles. The SMILES string of the molecule is O=C(COC(=O)C1=COCCO1)Nc1ccc2oc3ccccc3c2c1. The Balaban J connectivity index is 1.43. The van der Waals surface area contributed by atoms with E-state index in [-0.39, 0.29) is 12.4 Å². The van der Waals surface area contributed by atoms with E-state index in [1.54, 1.807) is 12.1 Å². The molecule has 1 aromatic heterocycles. The summed E-state index contributed by atoms with van der Waals surface area (Å²) in [6.45, 7) is 0.220. The van der Waals surface area contributed by atoms with Gasteiger partial charge in [-0.25, -0.2) is 4.79 Å². The van der Waals surface area contributed by atoms with Crippen molar-refractivity contribution in [1.29, 1.82) is 0 Å². The molecule has 1 aliphatic heterocycles.